The highest BCUT2D eigenvalue weighted by Gasteiger charge is 2.14. The van der Waals surface area contributed by atoms with Crippen molar-refractivity contribution >= 4 is 49.9 Å². The van der Waals surface area contributed by atoms with E-state index in [0.29, 0.717) is 5.69 Å². The maximum atomic E-state index is 12.1. The third-order valence-corrected chi connectivity index (χ3v) is 5.19. The molecule has 1 heterocycles. The van der Waals surface area contributed by atoms with Crippen LogP contribution in [-0.2, 0) is 10.0 Å². The average molecular weight is 409 g/mol. The molecular weight excluding hydrogens is 399 g/mol. The lowest BCUT2D eigenvalue weighted by Gasteiger charge is -2.09. The largest absolute Gasteiger partial charge is 0.280 e. The molecule has 0 spiro atoms. The molecule has 100 valence electrons. The molecule has 1 N–H and O–H groups in total. The van der Waals surface area contributed by atoms with Gasteiger partial charge in [-0.1, -0.05) is 17.7 Å². The predicted molar refractivity (Wildman–Crippen MR) is 84.0 cm³/mol. The Morgan fingerprint density at radius 1 is 1.26 bits per heavy atom. The minimum absolute atomic E-state index is 0.0764. The van der Waals surface area contributed by atoms with E-state index in [2.05, 4.69) is 32.3 Å². The third kappa shape index (κ3) is 3.58. The molecule has 2 rings (SSSR count). The number of hydrogen-bond acceptors (Lipinski definition) is 3. The van der Waals surface area contributed by atoms with Gasteiger partial charge >= 0.3 is 0 Å². The van der Waals surface area contributed by atoms with Gasteiger partial charge in [-0.3, -0.25) is 4.72 Å². The van der Waals surface area contributed by atoms with Crippen molar-refractivity contribution in [2.75, 3.05) is 4.72 Å². The highest BCUT2D eigenvalue weighted by molar-refractivity contribution is 14.1. The number of pyridine rings is 1. The SMILES string of the molecule is Cc1ccc(NS(=O)(=O)c2ccc(Cl)nc2)cc1I. The van der Waals surface area contributed by atoms with Crippen molar-refractivity contribution in [1.82, 2.24) is 4.98 Å². The fourth-order valence-corrected chi connectivity index (χ4v) is 3.01. The van der Waals surface area contributed by atoms with Crippen LogP contribution in [0.4, 0.5) is 5.69 Å². The Labute approximate surface area is 130 Å². The second-order valence-corrected chi connectivity index (χ2v) is 7.12. The Balaban J connectivity index is 2.30. The van der Waals surface area contributed by atoms with Crippen LogP contribution in [0.3, 0.4) is 0 Å². The summed E-state index contributed by atoms with van der Waals surface area (Å²) >= 11 is 7.79. The number of aromatic nitrogens is 1. The van der Waals surface area contributed by atoms with Gasteiger partial charge in [0.1, 0.15) is 10.0 Å². The first-order valence-electron chi connectivity index (χ1n) is 5.29. The van der Waals surface area contributed by atoms with E-state index in [9.17, 15) is 8.42 Å². The van der Waals surface area contributed by atoms with Gasteiger partial charge in [0.05, 0.1) is 0 Å². The van der Waals surface area contributed by atoms with Crippen LogP contribution in [0.5, 0.6) is 0 Å². The number of sulfonamides is 1. The van der Waals surface area contributed by atoms with Gasteiger partial charge in [-0.2, -0.15) is 0 Å². The first-order valence-corrected chi connectivity index (χ1v) is 8.23. The molecule has 1 aromatic heterocycles. The van der Waals surface area contributed by atoms with E-state index >= 15 is 0 Å². The summed E-state index contributed by atoms with van der Waals surface area (Å²) in [5.74, 6) is 0. The summed E-state index contributed by atoms with van der Waals surface area (Å²) in [7, 11) is -3.63. The number of rotatable bonds is 3. The van der Waals surface area contributed by atoms with Crippen LogP contribution in [0.2, 0.25) is 5.15 Å². The molecule has 19 heavy (non-hydrogen) atoms. The summed E-state index contributed by atoms with van der Waals surface area (Å²) in [4.78, 5) is 3.84. The molecule has 7 heteroatoms. The molecule has 0 saturated carbocycles. The van der Waals surface area contributed by atoms with E-state index in [0.717, 1.165) is 9.13 Å². The quantitative estimate of drug-likeness (QED) is 0.625. The van der Waals surface area contributed by atoms with Gasteiger partial charge in [0.25, 0.3) is 10.0 Å². The number of benzene rings is 1. The number of nitrogens with one attached hydrogen (secondary N) is 1. The van der Waals surface area contributed by atoms with Gasteiger partial charge in [-0.15, -0.1) is 0 Å². The maximum Gasteiger partial charge on any atom is 0.263 e. The van der Waals surface area contributed by atoms with Crippen molar-refractivity contribution in [2.45, 2.75) is 11.8 Å². The summed E-state index contributed by atoms with van der Waals surface area (Å²) < 4.78 is 27.7. The molecule has 0 amide bonds. The van der Waals surface area contributed by atoms with Gasteiger partial charge in [0.15, 0.2) is 0 Å². The third-order valence-electron chi connectivity index (χ3n) is 2.43. The Bertz CT molecular complexity index is 702. The van der Waals surface area contributed by atoms with Crippen molar-refractivity contribution < 1.29 is 8.42 Å². The molecule has 0 radical (unpaired) electrons. The lowest BCUT2D eigenvalue weighted by molar-refractivity contribution is 0.601. The van der Waals surface area contributed by atoms with Crippen molar-refractivity contribution in [1.29, 1.82) is 0 Å². The second kappa shape index (κ2) is 5.64. The first-order chi connectivity index (χ1) is 8.88. The van der Waals surface area contributed by atoms with Crippen LogP contribution in [-0.4, -0.2) is 13.4 Å². The normalized spacial score (nSPS) is 11.3. The monoisotopic (exact) mass is 408 g/mol. The zero-order chi connectivity index (χ0) is 14.0. The standard InChI is InChI=1S/C12H10ClIN2O2S/c1-8-2-3-9(6-11(8)14)16-19(17,18)10-4-5-12(13)15-7-10/h2-7,16H,1H3. The van der Waals surface area contributed by atoms with Crippen LogP contribution in [0.1, 0.15) is 5.56 Å². The fourth-order valence-electron chi connectivity index (χ4n) is 1.39. The lowest BCUT2D eigenvalue weighted by atomic mass is 10.2. The van der Waals surface area contributed by atoms with E-state index in [4.69, 9.17) is 11.6 Å². The first kappa shape index (κ1) is 14.5. The van der Waals surface area contributed by atoms with Crippen LogP contribution >= 0.6 is 34.2 Å². The summed E-state index contributed by atoms with van der Waals surface area (Å²) in [5.41, 5.74) is 1.61. The second-order valence-electron chi connectivity index (χ2n) is 3.89. The van der Waals surface area contributed by atoms with Gasteiger partial charge in [-0.05, 0) is 59.3 Å². The number of aryl methyl sites for hydroxylation is 1. The summed E-state index contributed by atoms with van der Waals surface area (Å²) in [5, 5.41) is 0.254. The molecule has 1 aromatic carbocycles. The number of anilines is 1. The highest BCUT2D eigenvalue weighted by Crippen LogP contribution is 2.20. The number of hydrogen-bond donors (Lipinski definition) is 1. The molecule has 2 aromatic rings. The van der Waals surface area contributed by atoms with Crippen molar-refractivity contribution in [3.63, 3.8) is 0 Å². The Morgan fingerprint density at radius 3 is 2.58 bits per heavy atom. The average Bonchev–Trinajstić information content (AvgIpc) is 2.34. The van der Waals surface area contributed by atoms with E-state index in [1.54, 1.807) is 12.1 Å². The van der Waals surface area contributed by atoms with E-state index in [1.807, 2.05) is 13.0 Å². The van der Waals surface area contributed by atoms with Gasteiger partial charge in [0, 0.05) is 15.5 Å². The number of nitrogens with zero attached hydrogens (tertiary/aromatic N) is 1. The summed E-state index contributed by atoms with van der Waals surface area (Å²) in [6.07, 6.45) is 1.23. The van der Waals surface area contributed by atoms with Gasteiger partial charge < -0.3 is 0 Å². The van der Waals surface area contributed by atoms with Crippen LogP contribution in [0, 0.1) is 10.5 Å². The molecule has 0 aliphatic heterocycles. The van der Waals surface area contributed by atoms with Crippen LogP contribution < -0.4 is 4.72 Å². The zero-order valence-electron chi connectivity index (χ0n) is 9.89. The predicted octanol–water partition coefficient (Wildman–Crippen LogP) is 3.45. The minimum atomic E-state index is -3.63. The highest BCUT2D eigenvalue weighted by atomic mass is 127. The van der Waals surface area contributed by atoms with Crippen LogP contribution in [0.15, 0.2) is 41.4 Å². The molecule has 0 aliphatic carbocycles. The number of halogens is 2. The molecule has 4 nitrogen and oxygen atoms in total. The molecule has 0 bridgehead atoms. The van der Waals surface area contributed by atoms with E-state index in [-0.39, 0.29) is 10.0 Å². The van der Waals surface area contributed by atoms with Crippen molar-refractivity contribution in [3.8, 4) is 0 Å². The van der Waals surface area contributed by atoms with Crippen molar-refractivity contribution in [3.05, 3.63) is 50.8 Å². The maximum absolute atomic E-state index is 12.1. The molecule has 0 saturated heterocycles. The smallest absolute Gasteiger partial charge is 0.263 e. The molecule has 0 unspecified atom stereocenters. The molecule has 0 fully saturated rings. The molecular formula is C12H10ClIN2O2S. The topological polar surface area (TPSA) is 59.1 Å². The Hall–Kier alpha value is -0.860. The van der Waals surface area contributed by atoms with Crippen LogP contribution in [0.25, 0.3) is 0 Å². The zero-order valence-corrected chi connectivity index (χ0v) is 13.6. The van der Waals surface area contributed by atoms with Gasteiger partial charge in [0.2, 0.25) is 0 Å². The Morgan fingerprint density at radius 2 is 2.00 bits per heavy atom. The Kier molecular flexibility index (Phi) is 4.32. The summed E-state index contributed by atoms with van der Waals surface area (Å²) in [6.45, 7) is 1.96. The minimum Gasteiger partial charge on any atom is -0.280 e. The molecule has 0 aliphatic rings. The molecule has 0 atom stereocenters. The fraction of sp³-hybridized carbons (Fsp3) is 0.0833. The lowest BCUT2D eigenvalue weighted by Crippen LogP contribution is -2.13. The van der Waals surface area contributed by atoms with E-state index in [1.165, 1.54) is 18.3 Å². The summed E-state index contributed by atoms with van der Waals surface area (Å²) in [6, 6.07) is 8.21. The van der Waals surface area contributed by atoms with Gasteiger partial charge in [-0.25, -0.2) is 13.4 Å². The van der Waals surface area contributed by atoms with E-state index < -0.39 is 10.0 Å². The van der Waals surface area contributed by atoms with Crippen molar-refractivity contribution in [2.24, 2.45) is 0 Å².